The normalized spacial score (nSPS) is 25.0. The molecule has 0 saturated carbocycles. The van der Waals surface area contributed by atoms with Crippen molar-refractivity contribution in [3.8, 4) is 0 Å². The van der Waals surface area contributed by atoms with Gasteiger partial charge in [0.05, 0.1) is 22.5 Å². The summed E-state index contributed by atoms with van der Waals surface area (Å²) in [5.74, 6) is -1.05. The Balaban J connectivity index is 1.77. The first-order valence-corrected chi connectivity index (χ1v) is 20.4. The van der Waals surface area contributed by atoms with Gasteiger partial charge < -0.3 is 20.2 Å². The molecule has 2 N–H and O–H groups in total. The van der Waals surface area contributed by atoms with Gasteiger partial charge >= 0.3 is 0 Å². The van der Waals surface area contributed by atoms with Crippen molar-refractivity contribution in [2.75, 3.05) is 10.2 Å². The van der Waals surface area contributed by atoms with Crippen LogP contribution in [-0.4, -0.2) is 57.5 Å². The van der Waals surface area contributed by atoms with E-state index in [9.17, 15) is 19.5 Å². The van der Waals surface area contributed by atoms with E-state index in [1.165, 1.54) is 0 Å². The number of Topliss-reactive ketones (excluding diaryl/α,β-unsaturated/α-hetero) is 1. The largest absolute Gasteiger partial charge is 0.506 e. The zero-order valence-electron chi connectivity index (χ0n) is 35.9. The van der Waals surface area contributed by atoms with E-state index in [-0.39, 0.29) is 93.2 Å². The molecule has 4 aliphatic rings. The number of hydrogen-bond donors (Lipinski definition) is 2. The van der Waals surface area contributed by atoms with E-state index in [4.69, 9.17) is 4.99 Å². The Morgan fingerprint density at radius 1 is 0.815 bits per heavy atom. The Labute approximate surface area is 324 Å². The fourth-order valence-electron chi connectivity index (χ4n) is 9.46. The van der Waals surface area contributed by atoms with Crippen LogP contribution in [0.2, 0.25) is 0 Å². The van der Waals surface area contributed by atoms with Crippen molar-refractivity contribution in [2.24, 2.45) is 34.1 Å². The van der Waals surface area contributed by atoms with Crippen molar-refractivity contribution in [2.45, 2.75) is 153 Å². The minimum atomic E-state index is -0.326. The number of likely N-dealkylation sites (tertiary alicyclic amines) is 1. The molecule has 5 rings (SSSR count). The molecule has 1 saturated heterocycles. The third-order valence-electron chi connectivity index (χ3n) is 13.3. The maximum absolute atomic E-state index is 14.7. The van der Waals surface area contributed by atoms with Crippen molar-refractivity contribution in [1.29, 1.82) is 0 Å². The predicted molar refractivity (Wildman–Crippen MR) is 223 cm³/mol. The average Bonchev–Trinajstić information content (AvgIpc) is 3.38. The number of aliphatic hydroxyl groups is 1. The van der Waals surface area contributed by atoms with Crippen molar-refractivity contribution < 1.29 is 19.5 Å². The first kappa shape index (κ1) is 41.2. The molecule has 294 valence electrons. The molecule has 2 heterocycles. The number of carbonyl (C=O) groups is 3. The van der Waals surface area contributed by atoms with Crippen LogP contribution in [0.4, 0.5) is 11.4 Å². The molecule has 1 fully saturated rings. The van der Waals surface area contributed by atoms with Gasteiger partial charge in [-0.05, 0) is 102 Å². The lowest BCUT2D eigenvalue weighted by molar-refractivity contribution is -0.123. The summed E-state index contributed by atoms with van der Waals surface area (Å²) in [5.41, 5.74) is 5.83. The molecule has 1 aromatic carbocycles. The van der Waals surface area contributed by atoms with Gasteiger partial charge in [-0.3, -0.25) is 14.4 Å². The highest BCUT2D eigenvalue weighted by atomic mass is 16.3. The Bertz CT molecular complexity index is 1900. The molecule has 0 bridgehead atoms. The van der Waals surface area contributed by atoms with Crippen molar-refractivity contribution >= 4 is 40.3 Å². The number of benzene rings is 1. The number of aliphatic imine (C=N–C) groups is 1. The van der Waals surface area contributed by atoms with Gasteiger partial charge in [-0.2, -0.15) is 0 Å². The molecule has 0 radical (unpaired) electrons. The topological polar surface area (TPSA) is 102 Å². The van der Waals surface area contributed by atoms with Crippen LogP contribution in [-0.2, 0) is 19.8 Å². The zero-order chi connectivity index (χ0) is 40.5. The zero-order valence-corrected chi connectivity index (χ0v) is 35.9. The standard InChI is InChI=1S/C46H66N4O4/c1-17-29(23(3)4)43(53)47-35-21-37-33(45(13,14)27(11)49(37)25(7)8)19-31(35)39-41(51)40(42(39)52)32-20-34-38(50(26(9)10)28(12)46(34,15)16)22-36(32)48-44(54)30(18-2)24(5)6/h19-30,51H,17-18H2,1-16H3,(H,47,53). The second-order valence-electron chi connectivity index (χ2n) is 18.5. The SMILES string of the molecule is CCC(C(=O)N=C1C=C2C(=CC1=C1C(=O)C(c3cc4c(cc3NC(=O)C(CC)C(C)C)N(C(C)C)C(C)C4(C)C)=C1O)C(C)(C)C(C)N2C(C)C)C(C)C. The third-order valence-corrected chi connectivity index (χ3v) is 13.3. The number of allylic oxidation sites excluding steroid dienone is 6. The first-order valence-electron chi connectivity index (χ1n) is 20.4. The fourth-order valence-corrected chi connectivity index (χ4v) is 9.46. The van der Waals surface area contributed by atoms with Crippen molar-refractivity contribution in [3.63, 3.8) is 0 Å². The van der Waals surface area contributed by atoms with Gasteiger partial charge in [0, 0.05) is 69.4 Å². The maximum Gasteiger partial charge on any atom is 0.249 e. The third kappa shape index (κ3) is 6.49. The number of carbonyl (C=O) groups excluding carboxylic acids is 3. The smallest absolute Gasteiger partial charge is 0.249 e. The lowest BCUT2D eigenvalue weighted by Gasteiger charge is -2.34. The molecule has 4 unspecified atom stereocenters. The van der Waals surface area contributed by atoms with Crippen molar-refractivity contribution in [3.05, 3.63) is 63.6 Å². The van der Waals surface area contributed by atoms with Crippen LogP contribution < -0.4 is 10.2 Å². The summed E-state index contributed by atoms with van der Waals surface area (Å²) in [7, 11) is 0. The van der Waals surface area contributed by atoms with Gasteiger partial charge in [0.1, 0.15) is 5.76 Å². The van der Waals surface area contributed by atoms with E-state index in [0.717, 1.165) is 22.5 Å². The Kier molecular flexibility index (Phi) is 11.2. The number of hydrogen-bond acceptors (Lipinski definition) is 6. The van der Waals surface area contributed by atoms with Crippen LogP contribution in [0.25, 0.3) is 5.57 Å². The molecule has 8 nitrogen and oxygen atoms in total. The number of amides is 2. The summed E-state index contributed by atoms with van der Waals surface area (Å²) in [6.07, 6.45) is 5.27. The number of nitrogens with zero attached hydrogens (tertiary/aromatic N) is 3. The van der Waals surface area contributed by atoms with Crippen LogP contribution in [0.15, 0.2) is 57.5 Å². The number of fused-ring (bicyclic) bond motifs is 2. The highest BCUT2D eigenvalue weighted by Crippen LogP contribution is 2.53. The van der Waals surface area contributed by atoms with Crippen LogP contribution >= 0.6 is 0 Å². The van der Waals surface area contributed by atoms with Gasteiger partial charge in [-0.1, -0.05) is 69.2 Å². The molecule has 54 heavy (non-hydrogen) atoms. The summed E-state index contributed by atoms with van der Waals surface area (Å²) in [6, 6.07) is 4.73. The van der Waals surface area contributed by atoms with E-state index in [0.29, 0.717) is 35.4 Å². The molecule has 8 heteroatoms. The summed E-state index contributed by atoms with van der Waals surface area (Å²) in [5, 5.41) is 15.4. The summed E-state index contributed by atoms with van der Waals surface area (Å²) in [4.78, 5) is 51.8. The second kappa shape index (κ2) is 14.6. The van der Waals surface area contributed by atoms with Gasteiger partial charge in [0.15, 0.2) is 0 Å². The molecule has 2 aliphatic carbocycles. The number of aliphatic hydroxyl groups excluding tert-OH is 1. The number of rotatable bonds is 10. The average molecular weight is 739 g/mol. The Morgan fingerprint density at radius 2 is 1.37 bits per heavy atom. The molecular weight excluding hydrogens is 673 g/mol. The number of ketones is 1. The summed E-state index contributed by atoms with van der Waals surface area (Å²) in [6.45, 7) is 34.1. The quantitative estimate of drug-likeness (QED) is 0.232. The minimum absolute atomic E-state index is 0.100. The first-order chi connectivity index (χ1) is 25.0. The molecule has 0 spiro atoms. The van der Waals surface area contributed by atoms with Gasteiger partial charge in [0.25, 0.3) is 0 Å². The molecule has 2 amide bonds. The van der Waals surface area contributed by atoms with E-state index in [1.807, 2.05) is 65.8 Å². The van der Waals surface area contributed by atoms with E-state index >= 15 is 0 Å². The predicted octanol–water partition coefficient (Wildman–Crippen LogP) is 9.96. The van der Waals surface area contributed by atoms with Crippen LogP contribution in [0, 0.1) is 29.1 Å². The van der Waals surface area contributed by atoms with Gasteiger partial charge in [-0.15, -0.1) is 0 Å². The van der Waals surface area contributed by atoms with Gasteiger partial charge in [0.2, 0.25) is 17.6 Å². The molecule has 0 aromatic heterocycles. The summed E-state index contributed by atoms with van der Waals surface area (Å²) < 4.78 is 0. The van der Waals surface area contributed by atoms with Crippen LogP contribution in [0.3, 0.4) is 0 Å². The number of nitrogens with one attached hydrogen (secondary N) is 1. The highest BCUT2D eigenvalue weighted by Gasteiger charge is 2.49. The Hall–Kier alpha value is -3.94. The number of anilines is 2. The highest BCUT2D eigenvalue weighted by molar-refractivity contribution is 6.42. The van der Waals surface area contributed by atoms with Crippen LogP contribution in [0.5, 0.6) is 0 Å². The van der Waals surface area contributed by atoms with Crippen molar-refractivity contribution in [1.82, 2.24) is 4.90 Å². The molecule has 2 aliphatic heterocycles. The maximum atomic E-state index is 14.7. The lowest BCUT2D eigenvalue weighted by Crippen LogP contribution is -2.42. The van der Waals surface area contributed by atoms with E-state index < -0.39 is 0 Å². The molecule has 1 aromatic rings. The monoisotopic (exact) mass is 739 g/mol. The van der Waals surface area contributed by atoms with Gasteiger partial charge in [-0.25, -0.2) is 4.99 Å². The summed E-state index contributed by atoms with van der Waals surface area (Å²) >= 11 is 0. The minimum Gasteiger partial charge on any atom is -0.506 e. The fraction of sp³-hybridized carbons (Fsp3) is 0.609. The van der Waals surface area contributed by atoms with Crippen LogP contribution in [0.1, 0.15) is 135 Å². The molecule has 4 atom stereocenters. The van der Waals surface area contributed by atoms with E-state index in [2.05, 4.69) is 84.4 Å². The molecular formula is C46H66N4O4. The Morgan fingerprint density at radius 3 is 1.87 bits per heavy atom. The second-order valence-corrected chi connectivity index (χ2v) is 18.5. The van der Waals surface area contributed by atoms with E-state index in [1.54, 1.807) is 0 Å². The lowest BCUT2D eigenvalue weighted by atomic mass is 9.73.